The standard InChI is InChI=1S/C24H21N5O4S/c30-21(15-4-5-17-18(13-15)28-23(32)22(31)27-17)26-16-3-1-2-14(12-16)19-6-7-20(34-19)24(33)29-10-8-25-9-11-29/h1-7,12-13,25H,8-11H2,(H,26,30)(H,27,31)(H,28,32). The molecule has 2 aromatic carbocycles. The third kappa shape index (κ3) is 4.41. The average Bonchev–Trinajstić information content (AvgIpc) is 3.35. The van der Waals surface area contributed by atoms with Gasteiger partial charge >= 0.3 is 11.1 Å². The number of hydrogen-bond donors (Lipinski definition) is 4. The van der Waals surface area contributed by atoms with Gasteiger partial charge in [-0.3, -0.25) is 19.2 Å². The lowest BCUT2D eigenvalue weighted by atomic mass is 10.1. The van der Waals surface area contributed by atoms with E-state index in [1.54, 1.807) is 18.2 Å². The van der Waals surface area contributed by atoms with E-state index in [-0.39, 0.29) is 11.8 Å². The SMILES string of the molecule is O=C(Nc1cccc(-c2ccc(C(=O)N3CCNCC3)s2)c1)c1ccc2[nH]c(=O)c(=O)[nH]c2c1. The van der Waals surface area contributed by atoms with E-state index in [1.165, 1.54) is 17.4 Å². The monoisotopic (exact) mass is 475 g/mol. The number of rotatable bonds is 4. The zero-order valence-corrected chi connectivity index (χ0v) is 18.8. The minimum atomic E-state index is -0.775. The zero-order valence-electron chi connectivity index (χ0n) is 18.0. The van der Waals surface area contributed by atoms with Crippen LogP contribution >= 0.6 is 11.3 Å². The maximum Gasteiger partial charge on any atom is 0.314 e. The van der Waals surface area contributed by atoms with E-state index in [1.807, 2.05) is 35.2 Å². The highest BCUT2D eigenvalue weighted by atomic mass is 32.1. The first kappa shape index (κ1) is 21.8. The van der Waals surface area contributed by atoms with Gasteiger partial charge in [0.05, 0.1) is 15.9 Å². The number of fused-ring (bicyclic) bond motifs is 1. The number of aromatic amines is 2. The van der Waals surface area contributed by atoms with Crippen LogP contribution in [0.15, 0.2) is 64.2 Å². The van der Waals surface area contributed by atoms with E-state index in [4.69, 9.17) is 0 Å². The van der Waals surface area contributed by atoms with E-state index in [2.05, 4.69) is 20.6 Å². The van der Waals surface area contributed by atoms with Gasteiger partial charge in [-0.2, -0.15) is 0 Å². The topological polar surface area (TPSA) is 127 Å². The van der Waals surface area contributed by atoms with Crippen molar-refractivity contribution in [2.24, 2.45) is 0 Å². The number of amides is 2. The van der Waals surface area contributed by atoms with Crippen molar-refractivity contribution in [3.63, 3.8) is 0 Å². The lowest BCUT2D eigenvalue weighted by Gasteiger charge is -2.26. The van der Waals surface area contributed by atoms with Crippen LogP contribution in [-0.2, 0) is 0 Å². The Morgan fingerprint density at radius 2 is 1.65 bits per heavy atom. The fourth-order valence-corrected chi connectivity index (χ4v) is 4.81. The molecular formula is C24H21N5O4S. The Labute approximate surface area is 197 Å². The number of nitrogens with one attached hydrogen (secondary N) is 4. The van der Waals surface area contributed by atoms with Crippen molar-refractivity contribution in [3.8, 4) is 10.4 Å². The van der Waals surface area contributed by atoms with Crippen molar-refractivity contribution in [2.45, 2.75) is 0 Å². The molecule has 1 aliphatic rings. The van der Waals surface area contributed by atoms with Crippen molar-refractivity contribution < 1.29 is 9.59 Å². The summed E-state index contributed by atoms with van der Waals surface area (Å²) in [5.74, 6) is -0.315. The van der Waals surface area contributed by atoms with Crippen LogP contribution in [0.5, 0.6) is 0 Å². The first-order valence-corrected chi connectivity index (χ1v) is 11.6. The second-order valence-corrected chi connectivity index (χ2v) is 8.99. The Bertz CT molecular complexity index is 1510. The fraction of sp³-hybridized carbons (Fsp3) is 0.167. The molecule has 34 heavy (non-hydrogen) atoms. The molecule has 3 heterocycles. The summed E-state index contributed by atoms with van der Waals surface area (Å²) in [6.07, 6.45) is 0. The molecule has 172 valence electrons. The van der Waals surface area contributed by atoms with Gasteiger partial charge in [0.15, 0.2) is 0 Å². The molecule has 10 heteroatoms. The predicted octanol–water partition coefficient (Wildman–Crippen LogP) is 2.24. The number of anilines is 1. The number of carbonyl (C=O) groups excluding carboxylic acids is 2. The van der Waals surface area contributed by atoms with Crippen LogP contribution in [-0.4, -0.2) is 52.9 Å². The number of thiophene rings is 1. The van der Waals surface area contributed by atoms with Gasteiger partial charge in [0.25, 0.3) is 11.8 Å². The molecule has 0 atom stereocenters. The first-order chi connectivity index (χ1) is 16.5. The largest absolute Gasteiger partial charge is 0.335 e. The van der Waals surface area contributed by atoms with Gasteiger partial charge in [0, 0.05) is 42.3 Å². The Hall–Kier alpha value is -4.02. The second kappa shape index (κ2) is 9.08. The van der Waals surface area contributed by atoms with Crippen molar-refractivity contribution >= 4 is 39.9 Å². The van der Waals surface area contributed by atoms with Gasteiger partial charge in [-0.1, -0.05) is 12.1 Å². The van der Waals surface area contributed by atoms with Crippen LogP contribution in [0, 0.1) is 0 Å². The molecule has 4 aromatic rings. The zero-order chi connectivity index (χ0) is 23.7. The summed E-state index contributed by atoms with van der Waals surface area (Å²) in [5, 5.41) is 6.10. The first-order valence-electron chi connectivity index (χ1n) is 10.8. The van der Waals surface area contributed by atoms with Crippen molar-refractivity contribution in [3.05, 3.63) is 85.7 Å². The Morgan fingerprint density at radius 1 is 0.882 bits per heavy atom. The van der Waals surface area contributed by atoms with Gasteiger partial charge in [-0.15, -0.1) is 11.3 Å². The van der Waals surface area contributed by atoms with Gasteiger partial charge in [-0.25, -0.2) is 0 Å². The number of carbonyl (C=O) groups is 2. The smallest absolute Gasteiger partial charge is 0.314 e. The molecule has 2 aromatic heterocycles. The van der Waals surface area contributed by atoms with E-state index < -0.39 is 11.1 Å². The molecule has 9 nitrogen and oxygen atoms in total. The van der Waals surface area contributed by atoms with Crippen molar-refractivity contribution in [2.75, 3.05) is 31.5 Å². The fourth-order valence-electron chi connectivity index (χ4n) is 3.84. The molecule has 1 aliphatic heterocycles. The Morgan fingerprint density at radius 3 is 2.44 bits per heavy atom. The summed E-state index contributed by atoms with van der Waals surface area (Å²) in [6, 6.07) is 15.8. The highest BCUT2D eigenvalue weighted by Crippen LogP contribution is 2.30. The maximum atomic E-state index is 12.8. The highest BCUT2D eigenvalue weighted by molar-refractivity contribution is 7.17. The molecule has 0 radical (unpaired) electrons. The Balaban J connectivity index is 1.34. The van der Waals surface area contributed by atoms with Crippen LogP contribution in [0.2, 0.25) is 0 Å². The summed E-state index contributed by atoms with van der Waals surface area (Å²) in [5.41, 5.74) is 1.11. The molecule has 4 N–H and O–H groups in total. The van der Waals surface area contributed by atoms with Crippen LogP contribution in [0.25, 0.3) is 21.5 Å². The molecule has 0 bridgehead atoms. The third-order valence-electron chi connectivity index (χ3n) is 5.61. The maximum absolute atomic E-state index is 12.8. The minimum absolute atomic E-state index is 0.0397. The number of piperazine rings is 1. The van der Waals surface area contributed by atoms with Gasteiger partial charge in [0.2, 0.25) is 0 Å². The number of benzene rings is 2. The van der Waals surface area contributed by atoms with Crippen molar-refractivity contribution in [1.82, 2.24) is 20.2 Å². The Kier molecular flexibility index (Phi) is 5.83. The molecule has 0 aliphatic carbocycles. The average molecular weight is 476 g/mol. The normalized spacial score (nSPS) is 13.7. The summed E-state index contributed by atoms with van der Waals surface area (Å²) in [4.78, 5) is 57.0. The molecule has 2 amide bonds. The van der Waals surface area contributed by atoms with Gasteiger partial charge < -0.3 is 25.5 Å². The summed E-state index contributed by atoms with van der Waals surface area (Å²) >= 11 is 1.43. The summed E-state index contributed by atoms with van der Waals surface area (Å²) < 4.78 is 0. The molecule has 0 spiro atoms. The highest BCUT2D eigenvalue weighted by Gasteiger charge is 2.20. The number of aromatic nitrogens is 2. The number of nitrogens with zero attached hydrogens (tertiary/aromatic N) is 1. The molecular weight excluding hydrogens is 454 g/mol. The molecule has 0 saturated carbocycles. The van der Waals surface area contributed by atoms with Crippen LogP contribution < -0.4 is 21.8 Å². The molecule has 0 unspecified atom stereocenters. The second-order valence-electron chi connectivity index (χ2n) is 7.91. The number of H-pyrrole nitrogens is 2. The summed E-state index contributed by atoms with van der Waals surface area (Å²) in [6.45, 7) is 3.01. The number of hydrogen-bond acceptors (Lipinski definition) is 6. The van der Waals surface area contributed by atoms with E-state index >= 15 is 0 Å². The molecule has 5 rings (SSSR count). The van der Waals surface area contributed by atoms with Gasteiger partial charge in [0.1, 0.15) is 0 Å². The van der Waals surface area contributed by atoms with E-state index in [0.717, 1.165) is 23.5 Å². The van der Waals surface area contributed by atoms with E-state index in [0.29, 0.717) is 40.3 Å². The minimum Gasteiger partial charge on any atom is -0.335 e. The third-order valence-corrected chi connectivity index (χ3v) is 6.73. The lowest BCUT2D eigenvalue weighted by Crippen LogP contribution is -2.46. The van der Waals surface area contributed by atoms with Crippen molar-refractivity contribution in [1.29, 1.82) is 0 Å². The molecule has 1 saturated heterocycles. The van der Waals surface area contributed by atoms with Crippen LogP contribution in [0.4, 0.5) is 5.69 Å². The predicted molar refractivity (Wildman–Crippen MR) is 132 cm³/mol. The lowest BCUT2D eigenvalue weighted by molar-refractivity contribution is 0.0740. The van der Waals surface area contributed by atoms with E-state index in [9.17, 15) is 19.2 Å². The van der Waals surface area contributed by atoms with Crippen LogP contribution in [0.1, 0.15) is 20.0 Å². The van der Waals surface area contributed by atoms with Gasteiger partial charge in [-0.05, 0) is 48.0 Å². The quantitative estimate of drug-likeness (QED) is 0.337. The molecule has 1 fully saturated rings. The van der Waals surface area contributed by atoms with Crippen LogP contribution in [0.3, 0.4) is 0 Å². The summed E-state index contributed by atoms with van der Waals surface area (Å²) in [7, 11) is 0.